The first-order valence-corrected chi connectivity index (χ1v) is 3.37. The van der Waals surface area contributed by atoms with Crippen LogP contribution in [0.5, 0.6) is 0 Å². The second-order valence-corrected chi connectivity index (χ2v) is 1.91. The van der Waals surface area contributed by atoms with Crippen molar-refractivity contribution in [1.82, 2.24) is 5.32 Å². The third-order valence-corrected chi connectivity index (χ3v) is 1.16. The summed E-state index contributed by atoms with van der Waals surface area (Å²) < 4.78 is 0. The van der Waals surface area contributed by atoms with E-state index in [1.165, 1.54) is 12.1 Å². The van der Waals surface area contributed by atoms with Gasteiger partial charge in [-0.2, -0.15) is 0 Å². The fraction of sp³-hybridized carbons (Fsp3) is 0.500. The van der Waals surface area contributed by atoms with Crippen LogP contribution in [0.4, 0.5) is 0 Å². The minimum Gasteiger partial charge on any atom is -0.366 e. The van der Waals surface area contributed by atoms with E-state index in [1.807, 2.05) is 6.92 Å². The van der Waals surface area contributed by atoms with Gasteiger partial charge in [0.1, 0.15) is 0 Å². The van der Waals surface area contributed by atoms with Crippen LogP contribution in [-0.2, 0) is 0 Å². The molecule has 0 unspecified atom stereocenters. The van der Waals surface area contributed by atoms with Gasteiger partial charge in [0.15, 0.2) is 0 Å². The second-order valence-electron chi connectivity index (χ2n) is 1.91. The van der Waals surface area contributed by atoms with E-state index in [2.05, 4.69) is 24.9 Å². The molecular weight excluding hydrogens is 110 g/mol. The molecule has 0 spiro atoms. The molecule has 0 fully saturated rings. The molecule has 1 nitrogen and oxygen atoms in total. The molecule has 0 aliphatic carbocycles. The Hall–Kier alpha value is -0.720. The van der Waals surface area contributed by atoms with Crippen LogP contribution in [0.15, 0.2) is 24.6 Å². The van der Waals surface area contributed by atoms with Crippen LogP contribution < -0.4 is 5.32 Å². The van der Waals surface area contributed by atoms with Gasteiger partial charge in [0.05, 0.1) is 0 Å². The average molecular weight is 125 g/mol. The molecule has 0 bridgehead atoms. The zero-order valence-corrected chi connectivity index (χ0v) is 6.28. The minimum atomic E-state index is 1.11. The van der Waals surface area contributed by atoms with Crippen LogP contribution >= 0.6 is 0 Å². The normalized spacial score (nSPS) is 11.1. The van der Waals surface area contributed by atoms with Crippen LogP contribution in [0.25, 0.3) is 0 Å². The zero-order chi connectivity index (χ0) is 7.11. The smallest absolute Gasteiger partial charge is 0.0103 e. The van der Waals surface area contributed by atoms with E-state index >= 15 is 0 Å². The summed E-state index contributed by atoms with van der Waals surface area (Å²) in [6.07, 6.45) is 6.08. The second kappa shape index (κ2) is 5.42. The molecule has 1 heteroatoms. The van der Waals surface area contributed by atoms with Crippen molar-refractivity contribution >= 4 is 0 Å². The fourth-order valence-corrected chi connectivity index (χ4v) is 0.700. The SMILES string of the molecule is C=CN/C(=C\C)CCC. The quantitative estimate of drug-likeness (QED) is 0.608. The lowest BCUT2D eigenvalue weighted by Crippen LogP contribution is -2.02. The molecule has 0 rings (SSSR count). The average Bonchev–Trinajstić information content (AvgIpc) is 1.88. The van der Waals surface area contributed by atoms with Gasteiger partial charge < -0.3 is 5.32 Å². The van der Waals surface area contributed by atoms with E-state index in [4.69, 9.17) is 0 Å². The van der Waals surface area contributed by atoms with Gasteiger partial charge >= 0.3 is 0 Å². The zero-order valence-electron chi connectivity index (χ0n) is 6.28. The topological polar surface area (TPSA) is 12.0 Å². The highest BCUT2D eigenvalue weighted by molar-refractivity contribution is 4.99. The lowest BCUT2D eigenvalue weighted by molar-refractivity contribution is 0.837. The minimum absolute atomic E-state index is 1.11. The van der Waals surface area contributed by atoms with Crippen molar-refractivity contribution in [3.05, 3.63) is 24.6 Å². The van der Waals surface area contributed by atoms with Crippen LogP contribution in [0.3, 0.4) is 0 Å². The lowest BCUT2D eigenvalue weighted by Gasteiger charge is -2.02. The molecule has 0 amide bonds. The van der Waals surface area contributed by atoms with Crippen molar-refractivity contribution in [2.45, 2.75) is 26.7 Å². The van der Waals surface area contributed by atoms with Gasteiger partial charge in [-0.15, -0.1) is 0 Å². The maximum Gasteiger partial charge on any atom is 0.0103 e. The summed E-state index contributed by atoms with van der Waals surface area (Å²) in [6.45, 7) is 7.77. The van der Waals surface area contributed by atoms with Crippen molar-refractivity contribution in [3.63, 3.8) is 0 Å². The number of rotatable bonds is 4. The molecule has 9 heavy (non-hydrogen) atoms. The van der Waals surface area contributed by atoms with Crippen molar-refractivity contribution in [2.24, 2.45) is 0 Å². The van der Waals surface area contributed by atoms with Gasteiger partial charge in [0.25, 0.3) is 0 Å². The van der Waals surface area contributed by atoms with E-state index in [0.29, 0.717) is 0 Å². The third-order valence-electron chi connectivity index (χ3n) is 1.16. The van der Waals surface area contributed by atoms with E-state index in [9.17, 15) is 0 Å². The van der Waals surface area contributed by atoms with E-state index in [1.54, 1.807) is 6.20 Å². The Bertz CT molecular complexity index is 103. The molecule has 0 aliphatic rings. The molecule has 1 N–H and O–H groups in total. The summed E-state index contributed by atoms with van der Waals surface area (Å²) >= 11 is 0. The Morgan fingerprint density at radius 3 is 2.67 bits per heavy atom. The maximum absolute atomic E-state index is 3.58. The molecular formula is C8H15N. The van der Waals surface area contributed by atoms with Gasteiger partial charge in [-0.3, -0.25) is 0 Å². The van der Waals surface area contributed by atoms with Crippen LogP contribution in [-0.4, -0.2) is 0 Å². The Kier molecular flexibility index (Phi) is 4.98. The highest BCUT2D eigenvalue weighted by Gasteiger charge is 1.86. The highest BCUT2D eigenvalue weighted by Crippen LogP contribution is 1.98. The van der Waals surface area contributed by atoms with E-state index < -0.39 is 0 Å². The molecule has 0 radical (unpaired) electrons. The van der Waals surface area contributed by atoms with Crippen LogP contribution in [0.1, 0.15) is 26.7 Å². The first kappa shape index (κ1) is 8.28. The molecule has 0 aromatic rings. The first-order chi connectivity index (χ1) is 4.35. The molecule has 0 aromatic heterocycles. The molecule has 0 saturated heterocycles. The Labute approximate surface area is 57.5 Å². The maximum atomic E-state index is 3.58. The van der Waals surface area contributed by atoms with Crippen LogP contribution in [0.2, 0.25) is 0 Å². The van der Waals surface area contributed by atoms with Gasteiger partial charge in [-0.05, 0) is 19.5 Å². The van der Waals surface area contributed by atoms with Crippen molar-refractivity contribution in [3.8, 4) is 0 Å². The summed E-state index contributed by atoms with van der Waals surface area (Å²) in [4.78, 5) is 0. The Morgan fingerprint density at radius 2 is 2.33 bits per heavy atom. The van der Waals surface area contributed by atoms with Crippen molar-refractivity contribution in [2.75, 3.05) is 0 Å². The number of hydrogen-bond donors (Lipinski definition) is 1. The Balaban J connectivity index is 3.55. The Morgan fingerprint density at radius 1 is 1.67 bits per heavy atom. The summed E-state index contributed by atoms with van der Waals surface area (Å²) in [7, 11) is 0. The van der Waals surface area contributed by atoms with Gasteiger partial charge in [-0.25, -0.2) is 0 Å². The molecule has 0 aliphatic heterocycles. The molecule has 52 valence electrons. The fourth-order valence-electron chi connectivity index (χ4n) is 0.700. The summed E-state index contributed by atoms with van der Waals surface area (Å²) in [5.74, 6) is 0. The molecule has 0 heterocycles. The lowest BCUT2D eigenvalue weighted by atomic mass is 10.2. The number of hydrogen-bond acceptors (Lipinski definition) is 1. The molecule has 0 saturated carbocycles. The molecule has 0 atom stereocenters. The summed E-state index contributed by atoms with van der Waals surface area (Å²) in [5.41, 5.74) is 1.26. The van der Waals surface area contributed by atoms with Gasteiger partial charge in [0, 0.05) is 5.70 Å². The van der Waals surface area contributed by atoms with E-state index in [0.717, 1.165) is 6.42 Å². The van der Waals surface area contributed by atoms with Crippen LogP contribution in [0, 0.1) is 0 Å². The first-order valence-electron chi connectivity index (χ1n) is 3.37. The van der Waals surface area contributed by atoms with Crippen molar-refractivity contribution in [1.29, 1.82) is 0 Å². The largest absolute Gasteiger partial charge is 0.366 e. The monoisotopic (exact) mass is 125 g/mol. The number of nitrogens with one attached hydrogen (secondary N) is 1. The summed E-state index contributed by atoms with van der Waals surface area (Å²) in [6, 6.07) is 0. The predicted octanol–water partition coefficient (Wildman–Crippen LogP) is 2.42. The third kappa shape index (κ3) is 3.83. The van der Waals surface area contributed by atoms with Crippen molar-refractivity contribution < 1.29 is 0 Å². The summed E-state index contributed by atoms with van der Waals surface area (Å²) in [5, 5.41) is 3.06. The standard InChI is InChI=1S/C8H15N/c1-4-7-8(5-2)9-6-3/h5-6,9H,3-4,7H2,1-2H3/b8-5-. The van der Waals surface area contributed by atoms with E-state index in [-0.39, 0.29) is 0 Å². The van der Waals surface area contributed by atoms with Gasteiger partial charge in [0.2, 0.25) is 0 Å². The predicted molar refractivity (Wildman–Crippen MR) is 42.0 cm³/mol. The molecule has 0 aromatic carbocycles. The van der Waals surface area contributed by atoms with Gasteiger partial charge in [-0.1, -0.05) is 26.0 Å². The number of allylic oxidation sites excluding steroid dienone is 2. The highest BCUT2D eigenvalue weighted by atomic mass is 14.8.